The standard InChI is InChI=1S/C21H34N4O16P3/c1-20(2)8-13(9-21(3,4)25(20)30)22-16(27)6-5-12-10-24(19(29)23-18(12)28)17-7-14(26)15(39-17)11-38-43(34,35)41-44(36,37)40-42(31,32)33/h5-6,10,13-15,17,26H,7-9,11H2,1-4H3,(H,22,27)(H,34,35)(H,36,37)(H,23,28,29)(H2,31,32,33)/b6-5+/t14-,15+,17+/m0/s1. The van der Waals surface area contributed by atoms with Crippen LogP contribution in [-0.2, 0) is 41.6 Å². The number of aromatic nitrogens is 2. The molecule has 0 spiro atoms. The molecule has 7 N–H and O–H groups in total. The van der Waals surface area contributed by atoms with Crippen molar-refractivity contribution in [2.45, 2.75) is 82.5 Å². The van der Waals surface area contributed by atoms with Crippen LogP contribution in [0.4, 0.5) is 0 Å². The van der Waals surface area contributed by atoms with Gasteiger partial charge in [-0.2, -0.15) is 8.62 Å². The van der Waals surface area contributed by atoms with Crippen molar-refractivity contribution >= 4 is 35.5 Å². The van der Waals surface area contributed by atoms with Gasteiger partial charge in [0, 0.05) is 35.8 Å². The molecule has 2 fully saturated rings. The first kappa shape index (κ1) is 36.6. The normalized spacial score (nSPS) is 27.2. The number of phosphoric ester groups is 1. The van der Waals surface area contributed by atoms with Gasteiger partial charge in [-0.1, -0.05) is 0 Å². The number of ether oxygens (including phenoxy) is 1. The molecule has 3 heterocycles. The molecular weight excluding hydrogens is 657 g/mol. The number of nitrogens with one attached hydrogen (secondary N) is 2. The molecule has 2 unspecified atom stereocenters. The summed E-state index contributed by atoms with van der Waals surface area (Å²) in [5.41, 5.74) is -3.42. The zero-order chi connectivity index (χ0) is 33.5. The van der Waals surface area contributed by atoms with E-state index in [4.69, 9.17) is 14.5 Å². The van der Waals surface area contributed by atoms with Gasteiger partial charge in [-0.05, 0) is 46.6 Å². The Bertz CT molecular complexity index is 1520. The summed E-state index contributed by atoms with van der Waals surface area (Å²) in [5, 5.41) is 26.7. The lowest BCUT2D eigenvalue weighted by Crippen LogP contribution is -2.62. The summed E-state index contributed by atoms with van der Waals surface area (Å²) in [4.78, 5) is 75.5. The SMILES string of the molecule is CC1(C)CC(NC(=O)/C=C/c2cn([C@H]3C[C@H](O)[C@@H](COP(=O)(O)OP(=O)(O)OP(=O)(O)O)O3)c(=O)[nH]c2=O)CC(C)(C)N1[O]. The number of carbonyl (C=O) groups excluding carboxylic acids is 1. The molecule has 0 aromatic carbocycles. The number of phosphoric acid groups is 3. The van der Waals surface area contributed by atoms with Gasteiger partial charge in [0.05, 0.1) is 18.3 Å². The molecule has 249 valence electrons. The van der Waals surface area contributed by atoms with Crippen molar-refractivity contribution in [2.24, 2.45) is 0 Å². The van der Waals surface area contributed by atoms with Gasteiger partial charge in [0.1, 0.15) is 12.3 Å². The van der Waals surface area contributed by atoms with Crippen LogP contribution in [0.1, 0.15) is 58.7 Å². The number of hydroxylamine groups is 2. The van der Waals surface area contributed by atoms with Gasteiger partial charge < -0.3 is 34.7 Å². The molecule has 0 saturated carbocycles. The lowest BCUT2D eigenvalue weighted by atomic mass is 9.79. The number of nitrogens with zero attached hydrogens (tertiary/aromatic N) is 2. The smallest absolute Gasteiger partial charge is 0.390 e. The predicted octanol–water partition coefficient (Wildman–Crippen LogP) is 0.0248. The Labute approximate surface area is 249 Å². The zero-order valence-corrected chi connectivity index (χ0v) is 26.5. The second-order valence-electron chi connectivity index (χ2n) is 11.4. The fraction of sp³-hybridized carbons (Fsp3) is 0.667. The molecule has 1 radical (unpaired) electrons. The second-order valence-corrected chi connectivity index (χ2v) is 15.9. The number of carbonyl (C=O) groups is 1. The van der Waals surface area contributed by atoms with Gasteiger partial charge in [-0.25, -0.2) is 18.5 Å². The van der Waals surface area contributed by atoms with Gasteiger partial charge in [0.25, 0.3) is 5.56 Å². The quantitative estimate of drug-likeness (QED) is 0.119. The van der Waals surface area contributed by atoms with Crippen LogP contribution in [0.2, 0.25) is 0 Å². The number of rotatable bonds is 11. The van der Waals surface area contributed by atoms with Gasteiger partial charge in [0.2, 0.25) is 5.91 Å². The first-order valence-corrected chi connectivity index (χ1v) is 17.4. The maximum atomic E-state index is 12.6. The van der Waals surface area contributed by atoms with Crippen LogP contribution in [0.15, 0.2) is 21.9 Å². The number of hydrogen-bond acceptors (Lipinski definition) is 12. The van der Waals surface area contributed by atoms with E-state index in [-0.39, 0.29) is 18.0 Å². The number of aliphatic hydroxyl groups excluding tert-OH is 1. The van der Waals surface area contributed by atoms with E-state index < -0.39 is 76.7 Å². The maximum absolute atomic E-state index is 12.6. The van der Waals surface area contributed by atoms with Crippen LogP contribution >= 0.6 is 23.5 Å². The number of hydrogen-bond donors (Lipinski definition) is 7. The fourth-order valence-corrected chi connectivity index (χ4v) is 8.15. The first-order chi connectivity index (χ1) is 19.9. The highest BCUT2D eigenvalue weighted by Crippen LogP contribution is 2.66. The van der Waals surface area contributed by atoms with Crippen molar-refractivity contribution < 1.29 is 66.3 Å². The summed E-state index contributed by atoms with van der Waals surface area (Å²) < 4.78 is 52.2. The molecular formula is C21H34N4O16P3. The van der Waals surface area contributed by atoms with Crippen LogP contribution in [0.3, 0.4) is 0 Å². The van der Waals surface area contributed by atoms with Crippen LogP contribution in [0.25, 0.3) is 6.08 Å². The third kappa shape index (κ3) is 9.82. The largest absolute Gasteiger partial charge is 0.490 e. The van der Waals surface area contributed by atoms with Gasteiger partial charge in [-0.3, -0.25) is 23.7 Å². The Kier molecular flexibility index (Phi) is 10.9. The zero-order valence-electron chi connectivity index (χ0n) is 23.8. The second kappa shape index (κ2) is 13.1. The minimum atomic E-state index is -5.76. The third-order valence-corrected chi connectivity index (χ3v) is 10.5. The molecule has 1 amide bonds. The molecule has 2 saturated heterocycles. The Hall–Kier alpha value is -1.86. The summed E-state index contributed by atoms with van der Waals surface area (Å²) in [5.74, 6) is -0.558. The molecule has 0 bridgehead atoms. The summed E-state index contributed by atoms with van der Waals surface area (Å²) in [6, 6.07) is -0.329. The van der Waals surface area contributed by atoms with Gasteiger partial charge >= 0.3 is 29.2 Å². The molecule has 20 nitrogen and oxygen atoms in total. The molecule has 23 heteroatoms. The van der Waals surface area contributed by atoms with Gasteiger partial charge in [-0.15, -0.1) is 10.3 Å². The van der Waals surface area contributed by atoms with Crippen LogP contribution in [-0.4, -0.2) is 81.1 Å². The average molecular weight is 691 g/mol. The molecule has 3 rings (SSSR count). The molecule has 5 atom stereocenters. The van der Waals surface area contributed by atoms with Crippen LogP contribution in [0, 0.1) is 0 Å². The molecule has 0 aliphatic carbocycles. The van der Waals surface area contributed by atoms with E-state index in [1.807, 2.05) is 4.98 Å². The lowest BCUT2D eigenvalue weighted by Gasteiger charge is -2.49. The van der Waals surface area contributed by atoms with Crippen molar-refractivity contribution in [1.82, 2.24) is 19.9 Å². The van der Waals surface area contributed by atoms with E-state index >= 15 is 0 Å². The highest BCUT2D eigenvalue weighted by atomic mass is 31.3. The van der Waals surface area contributed by atoms with E-state index in [1.54, 1.807) is 27.7 Å². The molecule has 1 aromatic rings. The molecule has 1 aromatic heterocycles. The fourth-order valence-electron chi connectivity index (χ4n) is 5.12. The number of H-pyrrole nitrogens is 1. The number of amides is 1. The van der Waals surface area contributed by atoms with Crippen molar-refractivity contribution in [3.05, 3.63) is 38.7 Å². The van der Waals surface area contributed by atoms with Crippen molar-refractivity contribution in [3.8, 4) is 0 Å². The highest BCUT2D eigenvalue weighted by Gasteiger charge is 2.46. The average Bonchev–Trinajstić information content (AvgIpc) is 3.18. The Morgan fingerprint density at radius 1 is 1.09 bits per heavy atom. The Morgan fingerprint density at radius 2 is 1.68 bits per heavy atom. The van der Waals surface area contributed by atoms with E-state index in [9.17, 15) is 48.2 Å². The minimum Gasteiger partial charge on any atom is -0.390 e. The maximum Gasteiger partial charge on any atom is 0.490 e. The molecule has 44 heavy (non-hydrogen) atoms. The summed E-state index contributed by atoms with van der Waals surface area (Å²) in [6.07, 6.45) is -0.399. The minimum absolute atomic E-state index is 0.149. The summed E-state index contributed by atoms with van der Waals surface area (Å²) >= 11 is 0. The van der Waals surface area contributed by atoms with E-state index in [1.165, 1.54) is 0 Å². The number of aliphatic hydroxyl groups is 1. The molecule has 2 aliphatic rings. The first-order valence-electron chi connectivity index (χ1n) is 12.8. The topological polar surface area (TPSA) is 296 Å². The van der Waals surface area contributed by atoms with Gasteiger partial charge in [0.15, 0.2) is 0 Å². The van der Waals surface area contributed by atoms with Crippen molar-refractivity contribution in [1.29, 1.82) is 0 Å². The van der Waals surface area contributed by atoms with E-state index in [2.05, 4.69) is 18.5 Å². The summed E-state index contributed by atoms with van der Waals surface area (Å²) in [7, 11) is -16.9. The molecule has 2 aliphatic heterocycles. The predicted molar refractivity (Wildman–Crippen MR) is 147 cm³/mol. The number of piperidine rings is 1. The summed E-state index contributed by atoms with van der Waals surface area (Å²) in [6.45, 7) is 6.11. The third-order valence-electron chi connectivity index (χ3n) is 6.68. The van der Waals surface area contributed by atoms with Crippen molar-refractivity contribution in [2.75, 3.05) is 6.61 Å². The highest BCUT2D eigenvalue weighted by molar-refractivity contribution is 7.66. The van der Waals surface area contributed by atoms with E-state index in [0.29, 0.717) is 12.8 Å². The Balaban J connectivity index is 1.66. The Morgan fingerprint density at radius 3 is 2.25 bits per heavy atom. The van der Waals surface area contributed by atoms with Crippen molar-refractivity contribution in [3.63, 3.8) is 0 Å². The van der Waals surface area contributed by atoms with Crippen LogP contribution < -0.4 is 16.6 Å². The van der Waals surface area contributed by atoms with Crippen LogP contribution in [0.5, 0.6) is 0 Å². The van der Waals surface area contributed by atoms with E-state index in [0.717, 1.165) is 28.0 Å². The lowest BCUT2D eigenvalue weighted by molar-refractivity contribution is -0.289. The number of aromatic amines is 1. The monoisotopic (exact) mass is 691 g/mol.